The lowest BCUT2D eigenvalue weighted by Crippen LogP contribution is -2.60. The van der Waals surface area contributed by atoms with Crippen molar-refractivity contribution < 1.29 is 44.3 Å². The number of carbonyl (C=O) groups is 3. The minimum atomic E-state index is -1.85. The Morgan fingerprint density at radius 1 is 1.08 bits per heavy atom. The van der Waals surface area contributed by atoms with Gasteiger partial charge in [0.1, 0.15) is 24.1 Å². The summed E-state index contributed by atoms with van der Waals surface area (Å²) in [6.45, 7) is 7.28. The largest absolute Gasteiger partial charge is 0.479 e. The quantitative estimate of drug-likeness (QED) is 0.424. The van der Waals surface area contributed by atoms with Crippen LogP contribution in [0.15, 0.2) is 0 Å². The van der Waals surface area contributed by atoms with E-state index in [1.165, 1.54) is 0 Å². The molecule has 1 aliphatic heterocycles. The molecule has 5 unspecified atom stereocenters. The summed E-state index contributed by atoms with van der Waals surface area (Å²) in [6.07, 6.45) is -8.44. The first-order valence-electron chi connectivity index (χ1n) is 8.50. The van der Waals surface area contributed by atoms with Crippen molar-refractivity contribution in [3.63, 3.8) is 0 Å². The first kappa shape index (κ1) is 22.5. The molecule has 0 bridgehead atoms. The third-order valence-electron chi connectivity index (χ3n) is 4.36. The highest BCUT2D eigenvalue weighted by Gasteiger charge is 2.48. The fourth-order valence-electron chi connectivity index (χ4n) is 2.54. The molecule has 0 aromatic heterocycles. The van der Waals surface area contributed by atoms with Crippen molar-refractivity contribution in [2.45, 2.75) is 77.7 Å². The summed E-state index contributed by atoms with van der Waals surface area (Å²) in [5, 5.41) is 38.0. The molecule has 4 N–H and O–H groups in total. The zero-order chi connectivity index (χ0) is 20.2. The Morgan fingerprint density at radius 3 is 2.15 bits per heavy atom. The molecule has 9 nitrogen and oxygen atoms in total. The van der Waals surface area contributed by atoms with Gasteiger partial charge in [0.2, 0.25) is 6.29 Å². The summed E-state index contributed by atoms with van der Waals surface area (Å²) < 4.78 is 9.80. The lowest BCUT2D eigenvalue weighted by atomic mass is 9.81. The molecule has 0 spiro atoms. The van der Waals surface area contributed by atoms with E-state index >= 15 is 0 Å². The van der Waals surface area contributed by atoms with Gasteiger partial charge in [-0.25, -0.2) is 4.79 Å². The van der Waals surface area contributed by atoms with Crippen molar-refractivity contribution in [2.24, 2.45) is 11.3 Å². The number of aliphatic hydroxyl groups excluding tert-OH is 3. The van der Waals surface area contributed by atoms with Gasteiger partial charge < -0.3 is 29.9 Å². The molecule has 0 aliphatic carbocycles. The minimum absolute atomic E-state index is 0.0795. The normalized spacial score (nSPS) is 29.5. The lowest BCUT2D eigenvalue weighted by molar-refractivity contribution is -0.286. The average molecular weight is 376 g/mol. The minimum Gasteiger partial charge on any atom is -0.479 e. The third-order valence-corrected chi connectivity index (χ3v) is 4.36. The summed E-state index contributed by atoms with van der Waals surface area (Å²) in [5.74, 6) is -2.35. The number of carbonyl (C=O) groups excluding carboxylic acids is 2. The molecular formula is C17H28O9. The molecule has 9 heteroatoms. The van der Waals surface area contributed by atoms with Crippen LogP contribution in [0.5, 0.6) is 0 Å². The second kappa shape index (κ2) is 8.90. The SMILES string of the molecule is CC(C)C(=O)CC(C)(C)CCC(=O)OC1OC(C(=O)O)C(O)C(O)C1O. The topological polar surface area (TPSA) is 151 Å². The lowest BCUT2D eigenvalue weighted by Gasteiger charge is -2.38. The summed E-state index contributed by atoms with van der Waals surface area (Å²) in [4.78, 5) is 34.9. The van der Waals surface area contributed by atoms with Crippen LogP contribution < -0.4 is 0 Å². The first-order chi connectivity index (χ1) is 11.9. The van der Waals surface area contributed by atoms with Crippen molar-refractivity contribution in [3.05, 3.63) is 0 Å². The number of carboxylic acid groups (broad SMARTS) is 1. The maximum Gasteiger partial charge on any atom is 0.335 e. The summed E-state index contributed by atoms with van der Waals surface area (Å²) in [5.41, 5.74) is -0.439. The van der Waals surface area contributed by atoms with Crippen molar-refractivity contribution >= 4 is 17.7 Å². The van der Waals surface area contributed by atoms with E-state index in [2.05, 4.69) is 0 Å². The molecule has 0 saturated carbocycles. The number of esters is 1. The maximum atomic E-state index is 12.0. The maximum absolute atomic E-state index is 12.0. The Balaban J connectivity index is 2.61. The Morgan fingerprint density at radius 2 is 1.65 bits per heavy atom. The van der Waals surface area contributed by atoms with Crippen LogP contribution in [0.2, 0.25) is 0 Å². The van der Waals surface area contributed by atoms with Crippen LogP contribution >= 0.6 is 0 Å². The van der Waals surface area contributed by atoms with Crippen LogP contribution in [0.25, 0.3) is 0 Å². The number of hydrogen-bond acceptors (Lipinski definition) is 8. The molecule has 0 aromatic carbocycles. The Hall–Kier alpha value is -1.55. The predicted octanol–water partition coefficient (Wildman–Crippen LogP) is -0.157. The van der Waals surface area contributed by atoms with Crippen molar-refractivity contribution in [2.75, 3.05) is 0 Å². The summed E-state index contributed by atoms with van der Waals surface area (Å²) >= 11 is 0. The highest BCUT2D eigenvalue weighted by Crippen LogP contribution is 2.29. The van der Waals surface area contributed by atoms with Crippen LogP contribution in [-0.4, -0.2) is 68.9 Å². The molecule has 1 heterocycles. The van der Waals surface area contributed by atoms with E-state index in [0.717, 1.165) is 0 Å². The molecule has 5 atom stereocenters. The zero-order valence-corrected chi connectivity index (χ0v) is 15.4. The van der Waals surface area contributed by atoms with Crippen LogP contribution in [0.3, 0.4) is 0 Å². The van der Waals surface area contributed by atoms with Gasteiger partial charge in [-0.2, -0.15) is 0 Å². The molecule has 1 aliphatic rings. The molecule has 1 rings (SSSR count). The number of ether oxygens (including phenoxy) is 2. The van der Waals surface area contributed by atoms with Gasteiger partial charge in [-0.1, -0.05) is 27.7 Å². The third kappa shape index (κ3) is 6.01. The molecule has 0 amide bonds. The predicted molar refractivity (Wildman–Crippen MR) is 87.9 cm³/mol. The van der Waals surface area contributed by atoms with Gasteiger partial charge in [0, 0.05) is 18.8 Å². The molecular weight excluding hydrogens is 348 g/mol. The van der Waals surface area contributed by atoms with Gasteiger partial charge in [-0.05, 0) is 11.8 Å². The van der Waals surface area contributed by atoms with E-state index in [4.69, 9.17) is 14.6 Å². The number of rotatable bonds is 8. The van der Waals surface area contributed by atoms with Gasteiger partial charge in [0.05, 0.1) is 0 Å². The summed E-state index contributed by atoms with van der Waals surface area (Å²) in [6, 6.07) is 0. The number of carboxylic acids is 1. The molecule has 0 radical (unpaired) electrons. The number of ketones is 1. The highest BCUT2D eigenvalue weighted by molar-refractivity contribution is 5.81. The van der Waals surface area contributed by atoms with E-state index in [-0.39, 0.29) is 18.1 Å². The fraction of sp³-hybridized carbons (Fsp3) is 0.824. The monoisotopic (exact) mass is 376 g/mol. The number of hydrogen-bond donors (Lipinski definition) is 4. The van der Waals surface area contributed by atoms with Crippen molar-refractivity contribution in [1.82, 2.24) is 0 Å². The van der Waals surface area contributed by atoms with Crippen molar-refractivity contribution in [1.29, 1.82) is 0 Å². The number of aliphatic hydroxyl groups is 3. The summed E-state index contributed by atoms with van der Waals surface area (Å²) in [7, 11) is 0. The molecule has 26 heavy (non-hydrogen) atoms. The van der Waals surface area contributed by atoms with Crippen LogP contribution in [0.4, 0.5) is 0 Å². The van der Waals surface area contributed by atoms with E-state index in [9.17, 15) is 29.7 Å². The van der Waals surface area contributed by atoms with E-state index in [1.807, 2.05) is 13.8 Å². The molecule has 1 saturated heterocycles. The standard InChI is InChI=1S/C17H28O9/c1-8(2)9(18)7-17(3,4)6-5-10(19)25-16-13(22)11(20)12(21)14(26-16)15(23)24/h8,11-14,16,20-22H,5-7H2,1-4H3,(H,23,24). The van der Waals surface area contributed by atoms with Crippen LogP contribution in [0, 0.1) is 11.3 Å². The van der Waals surface area contributed by atoms with E-state index in [0.29, 0.717) is 12.8 Å². The molecule has 1 fully saturated rings. The van der Waals surface area contributed by atoms with Gasteiger partial charge in [-0.3, -0.25) is 9.59 Å². The van der Waals surface area contributed by atoms with Gasteiger partial charge in [-0.15, -0.1) is 0 Å². The second-order valence-electron chi connectivity index (χ2n) is 7.69. The molecule has 150 valence electrons. The Kier molecular flexibility index (Phi) is 7.70. The van der Waals surface area contributed by atoms with Crippen LogP contribution in [-0.2, 0) is 23.9 Å². The molecule has 0 aromatic rings. The Labute approximate surface area is 151 Å². The smallest absolute Gasteiger partial charge is 0.335 e. The Bertz CT molecular complexity index is 528. The number of Topliss-reactive ketones (excluding diaryl/α,β-unsaturated/α-hetero) is 1. The first-order valence-corrected chi connectivity index (χ1v) is 8.50. The second-order valence-corrected chi connectivity index (χ2v) is 7.69. The van der Waals surface area contributed by atoms with Crippen LogP contribution in [0.1, 0.15) is 47.0 Å². The van der Waals surface area contributed by atoms with Gasteiger partial charge in [0.25, 0.3) is 0 Å². The zero-order valence-electron chi connectivity index (χ0n) is 15.4. The van der Waals surface area contributed by atoms with Crippen molar-refractivity contribution in [3.8, 4) is 0 Å². The van der Waals surface area contributed by atoms with E-state index < -0.39 is 48.1 Å². The van der Waals surface area contributed by atoms with Gasteiger partial charge in [0.15, 0.2) is 6.10 Å². The number of aliphatic carboxylic acids is 1. The highest BCUT2D eigenvalue weighted by atomic mass is 16.7. The van der Waals surface area contributed by atoms with E-state index in [1.54, 1.807) is 13.8 Å². The van der Waals surface area contributed by atoms with Gasteiger partial charge >= 0.3 is 11.9 Å². The average Bonchev–Trinajstić information content (AvgIpc) is 2.52. The fourth-order valence-corrected chi connectivity index (χ4v) is 2.54.